The Hall–Kier alpha value is -3.62. The number of fused-ring (bicyclic) bond motifs is 1. The van der Waals surface area contributed by atoms with Crippen molar-refractivity contribution in [1.29, 1.82) is 0 Å². The highest BCUT2D eigenvalue weighted by molar-refractivity contribution is 5.96. The van der Waals surface area contributed by atoms with Crippen LogP contribution < -0.4 is 26.8 Å². The van der Waals surface area contributed by atoms with Crippen molar-refractivity contribution < 1.29 is 4.79 Å². The van der Waals surface area contributed by atoms with E-state index in [0.29, 0.717) is 22.8 Å². The molecule has 4 rings (SSSR count). The lowest BCUT2D eigenvalue weighted by Gasteiger charge is -2.20. The van der Waals surface area contributed by atoms with Gasteiger partial charge in [0.15, 0.2) is 5.65 Å². The number of nitrogens with one attached hydrogen (secondary N) is 2. The second kappa shape index (κ2) is 8.25. The molecule has 1 aliphatic rings. The van der Waals surface area contributed by atoms with Crippen molar-refractivity contribution in [3.05, 3.63) is 56.7 Å². The highest BCUT2D eigenvalue weighted by Crippen LogP contribution is 2.26. The lowest BCUT2D eigenvalue weighted by atomic mass is 10.2. The third kappa shape index (κ3) is 4.03. The fourth-order valence-corrected chi connectivity index (χ4v) is 3.89. The summed E-state index contributed by atoms with van der Waals surface area (Å²) in [4.78, 5) is 44.6. The van der Waals surface area contributed by atoms with Crippen molar-refractivity contribution in [1.82, 2.24) is 14.1 Å². The van der Waals surface area contributed by atoms with Gasteiger partial charge in [-0.25, -0.2) is 9.78 Å². The minimum absolute atomic E-state index is 0.0293. The molecule has 1 saturated heterocycles. The third-order valence-electron chi connectivity index (χ3n) is 5.57. The molecule has 31 heavy (non-hydrogen) atoms. The second-order valence-corrected chi connectivity index (χ2v) is 7.90. The summed E-state index contributed by atoms with van der Waals surface area (Å²) in [5.74, 6) is 0.453. The highest BCUT2D eigenvalue weighted by Gasteiger charge is 2.20. The molecule has 0 saturated carbocycles. The average molecular weight is 422 g/mol. The number of benzene rings is 1. The van der Waals surface area contributed by atoms with Crippen LogP contribution in [0.4, 0.5) is 17.2 Å². The van der Waals surface area contributed by atoms with E-state index in [1.807, 2.05) is 31.2 Å². The quantitative estimate of drug-likeness (QED) is 0.648. The molecule has 0 spiro atoms. The van der Waals surface area contributed by atoms with Crippen molar-refractivity contribution in [3.8, 4) is 0 Å². The van der Waals surface area contributed by atoms with Gasteiger partial charge in [0.25, 0.3) is 5.56 Å². The first-order chi connectivity index (χ1) is 14.8. The first kappa shape index (κ1) is 20.6. The molecule has 2 N–H and O–H groups in total. The number of amides is 1. The number of carbonyl (C=O) groups is 1. The molecule has 1 fully saturated rings. The summed E-state index contributed by atoms with van der Waals surface area (Å²) in [6.07, 6.45) is 2.13. The predicted octanol–water partition coefficient (Wildman–Crippen LogP) is 1.59. The Kier molecular flexibility index (Phi) is 5.50. The molecule has 0 aliphatic carbocycles. The average Bonchev–Trinajstić information content (AvgIpc) is 3.29. The van der Waals surface area contributed by atoms with Crippen molar-refractivity contribution >= 4 is 34.1 Å². The van der Waals surface area contributed by atoms with Crippen LogP contribution in [0.2, 0.25) is 0 Å². The molecule has 3 heterocycles. The van der Waals surface area contributed by atoms with E-state index < -0.39 is 11.2 Å². The summed E-state index contributed by atoms with van der Waals surface area (Å²) in [5.41, 5.74) is 1.67. The maximum absolute atomic E-state index is 12.9. The molecule has 162 valence electrons. The summed E-state index contributed by atoms with van der Waals surface area (Å²) >= 11 is 0. The van der Waals surface area contributed by atoms with Gasteiger partial charge in [-0.15, -0.1) is 0 Å². The molecular formula is C22H26N6O3. The second-order valence-electron chi connectivity index (χ2n) is 7.90. The minimum atomic E-state index is -0.444. The first-order valence-electron chi connectivity index (χ1n) is 10.3. The minimum Gasteiger partial charge on any atom is -0.375 e. The molecule has 3 aromatic rings. The Morgan fingerprint density at radius 2 is 1.84 bits per heavy atom. The zero-order chi connectivity index (χ0) is 22.1. The van der Waals surface area contributed by atoms with Crippen molar-refractivity contribution in [2.45, 2.75) is 19.8 Å². The lowest BCUT2D eigenvalue weighted by molar-refractivity contribution is -0.114. The number of aryl methyl sites for hydroxylation is 2. The van der Waals surface area contributed by atoms with Gasteiger partial charge in [-0.3, -0.25) is 18.7 Å². The van der Waals surface area contributed by atoms with E-state index in [2.05, 4.69) is 20.5 Å². The number of carbonyl (C=O) groups excluding carboxylic acids is 1. The number of pyridine rings is 1. The topological polar surface area (TPSA) is 101 Å². The van der Waals surface area contributed by atoms with Crippen molar-refractivity contribution in [2.75, 3.05) is 35.2 Å². The summed E-state index contributed by atoms with van der Waals surface area (Å²) in [6, 6.07) is 9.33. The van der Waals surface area contributed by atoms with Gasteiger partial charge in [0.05, 0.1) is 12.2 Å². The van der Waals surface area contributed by atoms with Crippen LogP contribution in [-0.4, -0.2) is 39.7 Å². The molecule has 2 aromatic heterocycles. The van der Waals surface area contributed by atoms with Crippen LogP contribution in [-0.2, 0) is 18.9 Å². The van der Waals surface area contributed by atoms with E-state index in [4.69, 9.17) is 0 Å². The summed E-state index contributed by atoms with van der Waals surface area (Å²) < 4.78 is 2.42. The molecular weight excluding hydrogens is 396 g/mol. The zero-order valence-corrected chi connectivity index (χ0v) is 17.9. The molecule has 1 aromatic carbocycles. The number of aromatic nitrogens is 3. The fourth-order valence-electron chi connectivity index (χ4n) is 3.89. The van der Waals surface area contributed by atoms with Crippen molar-refractivity contribution in [2.24, 2.45) is 14.1 Å². The predicted molar refractivity (Wildman–Crippen MR) is 122 cm³/mol. The maximum atomic E-state index is 12.9. The number of hydrogen-bond donors (Lipinski definition) is 2. The van der Waals surface area contributed by atoms with Gasteiger partial charge >= 0.3 is 5.69 Å². The number of rotatable bonds is 5. The zero-order valence-electron chi connectivity index (χ0n) is 17.9. The fraction of sp³-hybridized carbons (Fsp3) is 0.364. The Morgan fingerprint density at radius 1 is 1.10 bits per heavy atom. The molecule has 9 heteroatoms. The van der Waals surface area contributed by atoms with Gasteiger partial charge in [0, 0.05) is 38.9 Å². The van der Waals surface area contributed by atoms with E-state index in [1.54, 1.807) is 13.1 Å². The monoisotopic (exact) mass is 422 g/mol. The summed E-state index contributed by atoms with van der Waals surface area (Å²) in [6.45, 7) is 3.66. The standard InChI is InChI=1S/C22H26N6O3/c1-14-7-6-8-15(11-14)24-18(29)13-23-16-12-17(28-9-4-5-10-28)25-20-19(16)21(30)27(3)22(31)26(20)2/h6-8,11-12H,4-5,9-10,13H2,1-3H3,(H,23,25)(H,24,29). The van der Waals surface area contributed by atoms with Gasteiger partial charge in [0.2, 0.25) is 5.91 Å². The number of nitrogens with zero attached hydrogens (tertiary/aromatic N) is 4. The maximum Gasteiger partial charge on any atom is 0.332 e. The highest BCUT2D eigenvalue weighted by atomic mass is 16.2. The van der Waals surface area contributed by atoms with Gasteiger partial charge in [-0.05, 0) is 37.5 Å². The number of hydrogen-bond acceptors (Lipinski definition) is 6. The van der Waals surface area contributed by atoms with E-state index >= 15 is 0 Å². The van der Waals surface area contributed by atoms with E-state index in [9.17, 15) is 14.4 Å². The van der Waals surface area contributed by atoms with Gasteiger partial charge in [-0.1, -0.05) is 12.1 Å². The summed E-state index contributed by atoms with van der Waals surface area (Å²) in [5, 5.41) is 6.23. The summed E-state index contributed by atoms with van der Waals surface area (Å²) in [7, 11) is 3.03. The van der Waals surface area contributed by atoms with E-state index in [-0.39, 0.29) is 17.8 Å². The Morgan fingerprint density at radius 3 is 2.55 bits per heavy atom. The largest absolute Gasteiger partial charge is 0.375 e. The Bertz CT molecular complexity index is 1270. The molecule has 1 aliphatic heterocycles. The molecule has 0 atom stereocenters. The van der Waals surface area contributed by atoms with Gasteiger partial charge in [-0.2, -0.15) is 0 Å². The van der Waals surface area contributed by atoms with Crippen LogP contribution in [0.3, 0.4) is 0 Å². The van der Waals surface area contributed by atoms with Crippen LogP contribution in [0.25, 0.3) is 11.0 Å². The van der Waals surface area contributed by atoms with Crippen LogP contribution in [0, 0.1) is 6.92 Å². The van der Waals surface area contributed by atoms with Crippen molar-refractivity contribution in [3.63, 3.8) is 0 Å². The molecule has 0 radical (unpaired) electrons. The molecule has 9 nitrogen and oxygen atoms in total. The van der Waals surface area contributed by atoms with Crippen LogP contribution in [0.15, 0.2) is 39.9 Å². The SMILES string of the molecule is Cc1cccc(NC(=O)CNc2cc(N3CCCC3)nc3c2c(=O)n(C)c(=O)n3C)c1. The molecule has 0 bridgehead atoms. The van der Waals surface area contributed by atoms with Crippen LogP contribution in [0.1, 0.15) is 18.4 Å². The van der Waals surface area contributed by atoms with Gasteiger partial charge in [0.1, 0.15) is 11.2 Å². The normalized spacial score (nSPS) is 13.6. The van der Waals surface area contributed by atoms with E-state index in [1.165, 1.54) is 11.6 Å². The van der Waals surface area contributed by atoms with E-state index in [0.717, 1.165) is 36.1 Å². The molecule has 0 unspecified atom stereocenters. The Labute approximate surface area is 179 Å². The number of anilines is 3. The third-order valence-corrected chi connectivity index (χ3v) is 5.57. The lowest BCUT2D eigenvalue weighted by Crippen LogP contribution is -2.38. The van der Waals surface area contributed by atoms with Gasteiger partial charge < -0.3 is 15.5 Å². The smallest absolute Gasteiger partial charge is 0.332 e. The Balaban J connectivity index is 1.70. The first-order valence-corrected chi connectivity index (χ1v) is 10.3. The molecule has 1 amide bonds. The van der Waals surface area contributed by atoms with Crippen LogP contribution >= 0.6 is 0 Å². The van der Waals surface area contributed by atoms with Crippen LogP contribution in [0.5, 0.6) is 0 Å².